The summed E-state index contributed by atoms with van der Waals surface area (Å²) in [5.41, 5.74) is 3.49. The van der Waals surface area contributed by atoms with E-state index in [4.69, 9.17) is 9.72 Å². The van der Waals surface area contributed by atoms with Gasteiger partial charge in [-0.2, -0.15) is 15.1 Å². The van der Waals surface area contributed by atoms with Crippen molar-refractivity contribution in [2.75, 3.05) is 27.7 Å². The maximum atomic E-state index is 13.9. The van der Waals surface area contributed by atoms with Crippen molar-refractivity contribution >= 4 is 11.2 Å². The van der Waals surface area contributed by atoms with Crippen molar-refractivity contribution in [1.29, 1.82) is 0 Å². The molecule has 0 N–H and O–H groups in total. The van der Waals surface area contributed by atoms with Crippen molar-refractivity contribution in [2.45, 2.75) is 26.4 Å². The Hall–Kier alpha value is -3.40. The van der Waals surface area contributed by atoms with Crippen LogP contribution in [0.2, 0.25) is 0 Å². The highest BCUT2D eigenvalue weighted by molar-refractivity contribution is 5.79. The van der Waals surface area contributed by atoms with E-state index in [-0.39, 0.29) is 6.01 Å². The monoisotopic (exact) mass is 424 g/mol. The summed E-state index contributed by atoms with van der Waals surface area (Å²) in [6.07, 6.45) is 7.61. The lowest BCUT2D eigenvalue weighted by Crippen LogP contribution is -2.15. The Bertz CT molecular complexity index is 1200. The van der Waals surface area contributed by atoms with Gasteiger partial charge in [-0.3, -0.25) is 9.67 Å². The molecule has 4 rings (SSSR count). The number of hydrogen-bond donors (Lipinski definition) is 0. The molecule has 4 aromatic rings. The third-order valence-corrected chi connectivity index (χ3v) is 4.91. The van der Waals surface area contributed by atoms with Gasteiger partial charge in [0.2, 0.25) is 0 Å². The number of imidazole rings is 1. The third kappa shape index (κ3) is 4.53. The molecule has 0 aliphatic heterocycles. The van der Waals surface area contributed by atoms with Crippen LogP contribution in [0.3, 0.4) is 0 Å². The lowest BCUT2D eigenvalue weighted by molar-refractivity contribution is 0.380. The van der Waals surface area contributed by atoms with E-state index in [2.05, 4.69) is 39.0 Å². The molecule has 0 saturated carbocycles. The number of fused-ring (bicyclic) bond motifs is 1. The maximum Gasteiger partial charge on any atom is 0.318 e. The minimum Gasteiger partial charge on any atom is -0.467 e. The number of pyridine rings is 1. The summed E-state index contributed by atoms with van der Waals surface area (Å²) in [5, 5.41) is 4.48. The Balaban J connectivity index is 1.74. The molecular formula is C21H25FN8O. The van der Waals surface area contributed by atoms with Crippen molar-refractivity contribution in [3.05, 3.63) is 47.9 Å². The molecule has 0 bridgehead atoms. The first kappa shape index (κ1) is 20.9. The van der Waals surface area contributed by atoms with Crippen LogP contribution in [0.15, 0.2) is 30.9 Å². The SMILES string of the molecule is COc1nc(C)c2nc(-c3cncc(F)c3)n(Cc3cnn(CCCN(C)C)c3)c2n1. The highest BCUT2D eigenvalue weighted by Crippen LogP contribution is 2.27. The fourth-order valence-electron chi connectivity index (χ4n) is 3.45. The van der Waals surface area contributed by atoms with Crippen LogP contribution in [-0.2, 0) is 13.1 Å². The zero-order chi connectivity index (χ0) is 22.0. The molecule has 4 heterocycles. The number of methoxy groups -OCH3 is 1. The molecule has 0 aromatic carbocycles. The normalized spacial score (nSPS) is 11.5. The predicted octanol–water partition coefficient (Wildman–Crippen LogP) is 2.54. The molecule has 0 radical (unpaired) electrons. The molecule has 162 valence electrons. The van der Waals surface area contributed by atoms with Crippen molar-refractivity contribution in [3.63, 3.8) is 0 Å². The fourth-order valence-corrected chi connectivity index (χ4v) is 3.45. The van der Waals surface area contributed by atoms with Crippen molar-refractivity contribution in [3.8, 4) is 17.4 Å². The topological polar surface area (TPSA) is 86.8 Å². The third-order valence-electron chi connectivity index (χ3n) is 4.91. The summed E-state index contributed by atoms with van der Waals surface area (Å²) in [4.78, 5) is 19.7. The highest BCUT2D eigenvalue weighted by atomic mass is 19.1. The number of aromatic nitrogens is 7. The predicted molar refractivity (Wildman–Crippen MR) is 114 cm³/mol. The molecule has 4 aromatic heterocycles. The van der Waals surface area contributed by atoms with E-state index in [1.54, 1.807) is 6.20 Å². The second kappa shape index (κ2) is 8.76. The van der Waals surface area contributed by atoms with E-state index in [1.807, 2.05) is 28.6 Å². The molecule has 0 atom stereocenters. The summed E-state index contributed by atoms with van der Waals surface area (Å²) in [6, 6.07) is 1.67. The first-order chi connectivity index (χ1) is 14.9. The summed E-state index contributed by atoms with van der Waals surface area (Å²) in [6.45, 7) is 4.14. The van der Waals surface area contributed by atoms with Gasteiger partial charge in [-0.25, -0.2) is 9.37 Å². The number of rotatable bonds is 8. The Morgan fingerprint density at radius 2 is 1.97 bits per heavy atom. The number of nitrogens with zero attached hydrogens (tertiary/aromatic N) is 8. The van der Waals surface area contributed by atoms with Crippen LogP contribution in [0.5, 0.6) is 6.01 Å². The van der Waals surface area contributed by atoms with Crippen LogP contribution < -0.4 is 4.74 Å². The summed E-state index contributed by atoms with van der Waals surface area (Å²) in [5.74, 6) is 0.137. The standard InChI is InChI=1S/C21H25FN8O/c1-14-18-20(27-21(25-14)31-4)30(19(26-18)16-8-17(22)11-23-10-16)13-15-9-24-29(12-15)7-5-6-28(2)3/h8-12H,5-7,13H2,1-4H3. The Morgan fingerprint density at radius 3 is 2.71 bits per heavy atom. The largest absolute Gasteiger partial charge is 0.467 e. The molecule has 0 spiro atoms. The first-order valence-corrected chi connectivity index (χ1v) is 10.0. The lowest BCUT2D eigenvalue weighted by Gasteiger charge is -2.09. The van der Waals surface area contributed by atoms with Gasteiger partial charge in [0.1, 0.15) is 17.2 Å². The van der Waals surface area contributed by atoms with E-state index in [0.29, 0.717) is 34.8 Å². The molecule has 0 saturated heterocycles. The Kier molecular flexibility index (Phi) is 5.90. The van der Waals surface area contributed by atoms with Gasteiger partial charge in [-0.05, 0) is 40.1 Å². The number of aryl methyl sites for hydroxylation is 2. The number of ether oxygens (including phenoxy) is 1. The minimum atomic E-state index is -0.426. The van der Waals surface area contributed by atoms with E-state index in [0.717, 1.165) is 25.1 Å². The fraction of sp³-hybridized carbons (Fsp3) is 0.381. The molecule has 0 aliphatic carbocycles. The second-order valence-corrected chi connectivity index (χ2v) is 7.65. The van der Waals surface area contributed by atoms with Crippen molar-refractivity contribution in [2.24, 2.45) is 0 Å². The smallest absolute Gasteiger partial charge is 0.318 e. The molecule has 0 aliphatic rings. The van der Waals surface area contributed by atoms with Crippen LogP contribution in [0.4, 0.5) is 4.39 Å². The molecule has 0 amide bonds. The van der Waals surface area contributed by atoms with Crippen LogP contribution in [0.25, 0.3) is 22.6 Å². The van der Waals surface area contributed by atoms with Gasteiger partial charge in [0.25, 0.3) is 0 Å². The molecule has 9 nitrogen and oxygen atoms in total. The van der Waals surface area contributed by atoms with Crippen LogP contribution in [-0.4, -0.2) is 66.9 Å². The van der Waals surface area contributed by atoms with Crippen LogP contribution in [0.1, 0.15) is 17.7 Å². The van der Waals surface area contributed by atoms with E-state index < -0.39 is 5.82 Å². The number of halogens is 1. The Morgan fingerprint density at radius 1 is 1.13 bits per heavy atom. The Labute approximate surface area is 179 Å². The minimum absolute atomic E-state index is 0.259. The molecule has 0 unspecified atom stereocenters. The van der Waals surface area contributed by atoms with E-state index in [9.17, 15) is 4.39 Å². The first-order valence-electron chi connectivity index (χ1n) is 10.0. The summed E-state index contributed by atoms with van der Waals surface area (Å²) < 4.78 is 23.0. The van der Waals surface area contributed by atoms with Gasteiger partial charge < -0.3 is 14.2 Å². The van der Waals surface area contributed by atoms with Crippen LogP contribution in [0, 0.1) is 12.7 Å². The molecule has 10 heteroatoms. The van der Waals surface area contributed by atoms with Gasteiger partial charge in [0.05, 0.1) is 31.7 Å². The quantitative estimate of drug-likeness (QED) is 0.430. The zero-order valence-corrected chi connectivity index (χ0v) is 18.1. The average molecular weight is 424 g/mol. The number of hydrogen-bond acceptors (Lipinski definition) is 7. The zero-order valence-electron chi connectivity index (χ0n) is 18.1. The van der Waals surface area contributed by atoms with Crippen molar-refractivity contribution in [1.82, 2.24) is 39.2 Å². The highest BCUT2D eigenvalue weighted by Gasteiger charge is 2.19. The summed E-state index contributed by atoms with van der Waals surface area (Å²) in [7, 11) is 5.63. The molecule has 0 fully saturated rings. The van der Waals surface area contributed by atoms with Gasteiger partial charge >= 0.3 is 6.01 Å². The van der Waals surface area contributed by atoms with Gasteiger partial charge in [0, 0.05) is 30.1 Å². The second-order valence-electron chi connectivity index (χ2n) is 7.65. The van der Waals surface area contributed by atoms with E-state index in [1.165, 1.54) is 19.4 Å². The lowest BCUT2D eigenvalue weighted by atomic mass is 10.2. The molecular weight excluding hydrogens is 399 g/mol. The van der Waals surface area contributed by atoms with Gasteiger partial charge in [0.15, 0.2) is 5.65 Å². The van der Waals surface area contributed by atoms with E-state index >= 15 is 0 Å². The average Bonchev–Trinajstić information content (AvgIpc) is 3.33. The van der Waals surface area contributed by atoms with Gasteiger partial charge in [-0.1, -0.05) is 0 Å². The van der Waals surface area contributed by atoms with Crippen LogP contribution >= 0.6 is 0 Å². The summed E-state index contributed by atoms with van der Waals surface area (Å²) >= 11 is 0. The maximum absolute atomic E-state index is 13.9. The molecule has 31 heavy (non-hydrogen) atoms. The van der Waals surface area contributed by atoms with Crippen molar-refractivity contribution < 1.29 is 9.13 Å². The van der Waals surface area contributed by atoms with Gasteiger partial charge in [-0.15, -0.1) is 0 Å².